The number of amides is 1. The molecular weight excluding hydrogens is 366 g/mol. The Bertz CT molecular complexity index is 1100. The Morgan fingerprint density at radius 3 is 2.54 bits per heavy atom. The molecule has 0 unspecified atom stereocenters. The van der Waals surface area contributed by atoms with E-state index in [1.54, 1.807) is 6.92 Å². The summed E-state index contributed by atoms with van der Waals surface area (Å²) in [6.07, 6.45) is 0. The normalized spacial score (nSPS) is 10.6. The van der Waals surface area contributed by atoms with Gasteiger partial charge in [-0.25, -0.2) is 13.8 Å². The van der Waals surface area contributed by atoms with Crippen molar-refractivity contribution < 1.29 is 13.6 Å². The van der Waals surface area contributed by atoms with E-state index in [1.807, 2.05) is 31.2 Å². The molecule has 0 bridgehead atoms. The highest BCUT2D eigenvalue weighted by molar-refractivity contribution is 5.90. The molecule has 1 amide bonds. The third-order valence-corrected chi connectivity index (χ3v) is 3.92. The van der Waals surface area contributed by atoms with Crippen LogP contribution < -0.4 is 16.2 Å². The van der Waals surface area contributed by atoms with Crippen molar-refractivity contribution in [3.05, 3.63) is 81.8 Å². The fraction of sp³-hybridized carbons (Fsp3) is 0.150. The van der Waals surface area contributed by atoms with Crippen LogP contribution in [-0.4, -0.2) is 15.5 Å². The number of hydrogen-bond acceptors (Lipinski definition) is 4. The van der Waals surface area contributed by atoms with Gasteiger partial charge < -0.3 is 10.6 Å². The van der Waals surface area contributed by atoms with Gasteiger partial charge in [0.05, 0.1) is 0 Å². The molecule has 2 aromatic carbocycles. The molecule has 3 rings (SSSR count). The van der Waals surface area contributed by atoms with E-state index in [2.05, 4.69) is 15.6 Å². The quantitative estimate of drug-likeness (QED) is 0.706. The molecular formula is C20H18F2N4O2. The molecule has 0 saturated carbocycles. The smallest absolute Gasteiger partial charge is 0.255 e. The van der Waals surface area contributed by atoms with Crippen molar-refractivity contribution >= 4 is 23.2 Å². The highest BCUT2D eigenvalue weighted by atomic mass is 19.2. The molecule has 144 valence electrons. The van der Waals surface area contributed by atoms with Gasteiger partial charge in [0.15, 0.2) is 11.6 Å². The van der Waals surface area contributed by atoms with Crippen LogP contribution in [0.1, 0.15) is 11.3 Å². The van der Waals surface area contributed by atoms with Crippen LogP contribution in [0.5, 0.6) is 0 Å². The second kappa shape index (κ2) is 7.99. The lowest BCUT2D eigenvalue weighted by atomic mass is 10.2. The third kappa shape index (κ3) is 4.59. The van der Waals surface area contributed by atoms with Crippen LogP contribution in [0.4, 0.5) is 26.1 Å². The molecule has 8 heteroatoms. The largest absolute Gasteiger partial charge is 0.326 e. The minimum absolute atomic E-state index is 0.0882. The first-order valence-corrected chi connectivity index (χ1v) is 8.49. The maximum Gasteiger partial charge on any atom is 0.255 e. The van der Waals surface area contributed by atoms with E-state index in [1.165, 1.54) is 16.7 Å². The van der Waals surface area contributed by atoms with E-state index in [9.17, 15) is 18.4 Å². The average molecular weight is 384 g/mol. The van der Waals surface area contributed by atoms with E-state index in [0.717, 1.165) is 17.7 Å². The summed E-state index contributed by atoms with van der Waals surface area (Å²) in [5.74, 6) is -2.46. The second-order valence-corrected chi connectivity index (χ2v) is 6.32. The van der Waals surface area contributed by atoms with Gasteiger partial charge in [0, 0.05) is 29.2 Å². The van der Waals surface area contributed by atoms with Gasteiger partial charge in [-0.3, -0.25) is 14.2 Å². The van der Waals surface area contributed by atoms with Crippen molar-refractivity contribution in [2.45, 2.75) is 20.4 Å². The Balaban J connectivity index is 1.85. The third-order valence-electron chi connectivity index (χ3n) is 3.92. The Kier molecular flexibility index (Phi) is 5.49. The monoisotopic (exact) mass is 384 g/mol. The van der Waals surface area contributed by atoms with Crippen LogP contribution in [0.3, 0.4) is 0 Å². The zero-order chi connectivity index (χ0) is 20.3. The highest BCUT2D eigenvalue weighted by Gasteiger charge is 2.13. The summed E-state index contributed by atoms with van der Waals surface area (Å²) in [6, 6.07) is 11.8. The predicted molar refractivity (Wildman–Crippen MR) is 103 cm³/mol. The lowest BCUT2D eigenvalue weighted by molar-refractivity contribution is -0.116. The zero-order valence-electron chi connectivity index (χ0n) is 15.3. The van der Waals surface area contributed by atoms with Gasteiger partial charge >= 0.3 is 0 Å². The summed E-state index contributed by atoms with van der Waals surface area (Å²) < 4.78 is 27.5. The van der Waals surface area contributed by atoms with Gasteiger partial charge in [-0.05, 0) is 43.7 Å². The fourth-order valence-corrected chi connectivity index (χ4v) is 2.64. The lowest BCUT2D eigenvalue weighted by Crippen LogP contribution is -2.30. The molecule has 28 heavy (non-hydrogen) atoms. The van der Waals surface area contributed by atoms with Crippen LogP contribution in [0.2, 0.25) is 0 Å². The Hall–Kier alpha value is -3.55. The average Bonchev–Trinajstić information content (AvgIpc) is 2.61. The number of nitrogens with one attached hydrogen (secondary N) is 2. The number of hydrogen-bond donors (Lipinski definition) is 2. The first-order chi connectivity index (χ1) is 13.3. The first-order valence-electron chi connectivity index (χ1n) is 8.49. The zero-order valence-corrected chi connectivity index (χ0v) is 15.3. The number of halogens is 2. The number of benzene rings is 2. The molecule has 0 aliphatic heterocycles. The molecule has 3 aromatic rings. The predicted octanol–water partition coefficient (Wildman–Crippen LogP) is 3.52. The number of aromatic nitrogens is 2. The number of carbonyl (C=O) groups excluding carboxylic acids is 1. The highest BCUT2D eigenvalue weighted by Crippen LogP contribution is 2.16. The molecule has 0 aliphatic rings. The number of anilines is 3. The summed E-state index contributed by atoms with van der Waals surface area (Å²) in [4.78, 5) is 29.0. The maximum absolute atomic E-state index is 13.3. The van der Waals surface area contributed by atoms with E-state index in [0.29, 0.717) is 11.4 Å². The molecule has 1 heterocycles. The molecule has 0 atom stereocenters. The minimum atomic E-state index is -1.08. The number of rotatable bonds is 5. The van der Waals surface area contributed by atoms with E-state index in [4.69, 9.17) is 0 Å². The number of nitrogens with zero attached hydrogens (tertiary/aromatic N) is 2. The van der Waals surface area contributed by atoms with E-state index < -0.39 is 23.1 Å². The maximum atomic E-state index is 13.3. The van der Waals surface area contributed by atoms with E-state index >= 15 is 0 Å². The molecule has 0 fully saturated rings. The number of aryl methyl sites for hydroxylation is 2. The molecule has 6 nitrogen and oxygen atoms in total. The van der Waals surface area contributed by atoms with Gasteiger partial charge in [-0.2, -0.15) is 0 Å². The van der Waals surface area contributed by atoms with Crippen molar-refractivity contribution in [2.24, 2.45) is 0 Å². The van der Waals surface area contributed by atoms with Crippen LogP contribution in [0, 0.1) is 25.5 Å². The topological polar surface area (TPSA) is 76.0 Å². The summed E-state index contributed by atoms with van der Waals surface area (Å²) in [5, 5.41) is 5.48. The van der Waals surface area contributed by atoms with Gasteiger partial charge in [0.25, 0.3) is 5.56 Å². The van der Waals surface area contributed by atoms with Crippen molar-refractivity contribution in [2.75, 3.05) is 10.6 Å². The Morgan fingerprint density at radius 2 is 1.82 bits per heavy atom. The molecule has 0 saturated heterocycles. The fourth-order valence-electron chi connectivity index (χ4n) is 2.64. The SMILES string of the molecule is Cc1cccc(Nc2nc(C)cc(=O)n2CC(=O)Nc2ccc(F)c(F)c2)c1. The van der Waals surface area contributed by atoms with Crippen molar-refractivity contribution in [1.82, 2.24) is 9.55 Å². The van der Waals surface area contributed by atoms with Crippen LogP contribution in [-0.2, 0) is 11.3 Å². The van der Waals surface area contributed by atoms with E-state index in [-0.39, 0.29) is 18.2 Å². The number of carbonyl (C=O) groups is 1. The van der Waals surface area contributed by atoms with Crippen molar-refractivity contribution in [3.63, 3.8) is 0 Å². The van der Waals surface area contributed by atoms with Gasteiger partial charge in [0.1, 0.15) is 6.54 Å². The molecule has 1 aromatic heterocycles. The molecule has 0 aliphatic carbocycles. The Labute approximate surface area is 159 Å². The minimum Gasteiger partial charge on any atom is -0.326 e. The van der Waals surface area contributed by atoms with Gasteiger partial charge in [0.2, 0.25) is 11.9 Å². The van der Waals surface area contributed by atoms with Gasteiger partial charge in [-0.15, -0.1) is 0 Å². The van der Waals surface area contributed by atoms with Crippen LogP contribution >= 0.6 is 0 Å². The Morgan fingerprint density at radius 1 is 1.04 bits per heavy atom. The summed E-state index contributed by atoms with van der Waals surface area (Å²) in [6.45, 7) is 3.25. The van der Waals surface area contributed by atoms with Crippen LogP contribution in [0.25, 0.3) is 0 Å². The summed E-state index contributed by atoms with van der Waals surface area (Å²) >= 11 is 0. The molecule has 2 N–H and O–H groups in total. The first kappa shape index (κ1) is 19.2. The standard InChI is InChI=1S/C20H18F2N4O2/c1-12-4-3-5-14(8-12)25-20-23-13(2)9-19(28)26(20)11-18(27)24-15-6-7-16(21)17(22)10-15/h3-10H,11H2,1-2H3,(H,23,25)(H,24,27). The summed E-state index contributed by atoms with van der Waals surface area (Å²) in [5.41, 5.74) is 1.90. The van der Waals surface area contributed by atoms with Crippen molar-refractivity contribution in [3.8, 4) is 0 Å². The second-order valence-electron chi connectivity index (χ2n) is 6.32. The van der Waals surface area contributed by atoms with Crippen LogP contribution in [0.15, 0.2) is 53.3 Å². The summed E-state index contributed by atoms with van der Waals surface area (Å²) in [7, 11) is 0. The lowest BCUT2D eigenvalue weighted by Gasteiger charge is -2.14. The van der Waals surface area contributed by atoms with Crippen molar-refractivity contribution in [1.29, 1.82) is 0 Å². The molecule has 0 spiro atoms. The van der Waals surface area contributed by atoms with Gasteiger partial charge in [-0.1, -0.05) is 12.1 Å². The molecule has 0 radical (unpaired) electrons.